The number of para-hydroxylation sites is 1. The second kappa shape index (κ2) is 6.91. The van der Waals surface area contributed by atoms with Crippen molar-refractivity contribution in [1.29, 1.82) is 0 Å². The summed E-state index contributed by atoms with van der Waals surface area (Å²) in [5.74, 6) is -2.55. The molecule has 0 saturated carbocycles. The molecule has 0 radical (unpaired) electrons. The van der Waals surface area contributed by atoms with Crippen LogP contribution in [0.3, 0.4) is 0 Å². The van der Waals surface area contributed by atoms with Crippen molar-refractivity contribution in [2.75, 3.05) is 7.05 Å². The summed E-state index contributed by atoms with van der Waals surface area (Å²) < 4.78 is 0. The molecule has 2 aliphatic heterocycles. The van der Waals surface area contributed by atoms with E-state index in [2.05, 4.69) is 5.10 Å². The van der Waals surface area contributed by atoms with E-state index in [1.807, 2.05) is 36.4 Å². The lowest BCUT2D eigenvalue weighted by molar-refractivity contribution is -0.138. The van der Waals surface area contributed by atoms with Gasteiger partial charge in [-0.2, -0.15) is 5.10 Å². The predicted molar refractivity (Wildman–Crippen MR) is 113 cm³/mol. The minimum absolute atomic E-state index is 0.0376. The zero-order chi connectivity index (χ0) is 21.9. The van der Waals surface area contributed by atoms with E-state index in [9.17, 15) is 19.5 Å². The number of carbonyl (C=O) groups excluding carboxylic acids is 3. The summed E-state index contributed by atoms with van der Waals surface area (Å²) in [5, 5.41) is 16.3. The molecule has 5 rings (SSSR count). The molecule has 3 aliphatic rings. The van der Waals surface area contributed by atoms with Crippen LogP contribution in [-0.4, -0.2) is 51.5 Å². The number of phenols is 1. The van der Waals surface area contributed by atoms with Crippen LogP contribution < -0.4 is 0 Å². The Labute approximate surface area is 179 Å². The molecule has 2 aromatic carbocycles. The van der Waals surface area contributed by atoms with E-state index < -0.39 is 17.9 Å². The lowest BCUT2D eigenvalue weighted by Gasteiger charge is -2.36. The lowest BCUT2D eigenvalue weighted by atomic mass is 9.68. The Kier molecular flexibility index (Phi) is 4.28. The van der Waals surface area contributed by atoms with Crippen molar-refractivity contribution < 1.29 is 19.5 Å². The zero-order valence-corrected chi connectivity index (χ0v) is 17.1. The van der Waals surface area contributed by atoms with E-state index in [1.165, 1.54) is 23.9 Å². The van der Waals surface area contributed by atoms with Crippen molar-refractivity contribution in [3.63, 3.8) is 0 Å². The minimum Gasteiger partial charge on any atom is -0.507 e. The first kappa shape index (κ1) is 19.2. The summed E-state index contributed by atoms with van der Waals surface area (Å²) >= 11 is 0. The van der Waals surface area contributed by atoms with Crippen molar-refractivity contribution in [3.05, 3.63) is 77.4 Å². The molecule has 31 heavy (non-hydrogen) atoms. The van der Waals surface area contributed by atoms with Gasteiger partial charge in [-0.15, -0.1) is 0 Å². The molecule has 1 N–H and O–H groups in total. The predicted octanol–water partition coefficient (Wildman–Crippen LogP) is 2.28. The van der Waals surface area contributed by atoms with Crippen LogP contribution in [0, 0.1) is 11.8 Å². The summed E-state index contributed by atoms with van der Waals surface area (Å²) in [5.41, 5.74) is 2.53. The number of fused-ring (bicyclic) bond motifs is 3. The standard InChI is InChI=1S/C24H21N3O4/c1-13(28)27-22-17(21(25-27)15-10-6-7-11-18(15)29)12-16(14-8-4-3-5-9-14)19-20(22)24(31)26(2)23(19)30/h3-12,16,19-20,22,29H,1-2H3/t16-,19+,20+,22-/m1/s1. The third-order valence-corrected chi connectivity index (χ3v) is 6.43. The van der Waals surface area contributed by atoms with Crippen LogP contribution >= 0.6 is 0 Å². The van der Waals surface area contributed by atoms with E-state index in [0.29, 0.717) is 16.8 Å². The highest BCUT2D eigenvalue weighted by molar-refractivity contribution is 6.18. The molecule has 2 aromatic rings. The first-order valence-electron chi connectivity index (χ1n) is 10.2. The van der Waals surface area contributed by atoms with Gasteiger partial charge >= 0.3 is 0 Å². The molecule has 1 saturated heterocycles. The Hall–Kier alpha value is -3.74. The number of imide groups is 1. The van der Waals surface area contributed by atoms with Gasteiger partial charge in [-0.1, -0.05) is 48.5 Å². The normalized spacial score (nSPS) is 27.0. The number of rotatable bonds is 2. The first-order chi connectivity index (χ1) is 14.9. The third kappa shape index (κ3) is 2.73. The fourth-order valence-electron chi connectivity index (χ4n) is 5.02. The van der Waals surface area contributed by atoms with Gasteiger partial charge in [-0.25, -0.2) is 5.01 Å². The monoisotopic (exact) mass is 415 g/mol. The Morgan fingerprint density at radius 2 is 1.61 bits per heavy atom. The Morgan fingerprint density at radius 1 is 0.968 bits per heavy atom. The molecule has 0 aromatic heterocycles. The Morgan fingerprint density at radius 3 is 2.29 bits per heavy atom. The van der Waals surface area contributed by atoms with Gasteiger partial charge in [-0.3, -0.25) is 19.3 Å². The van der Waals surface area contributed by atoms with E-state index in [4.69, 9.17) is 0 Å². The zero-order valence-electron chi connectivity index (χ0n) is 17.1. The second-order valence-corrected chi connectivity index (χ2v) is 8.12. The number of hydrazone groups is 1. The van der Waals surface area contributed by atoms with E-state index in [0.717, 1.165) is 5.56 Å². The molecule has 1 aliphatic carbocycles. The van der Waals surface area contributed by atoms with Gasteiger partial charge in [-0.05, 0) is 17.7 Å². The third-order valence-electron chi connectivity index (χ3n) is 6.43. The molecule has 2 heterocycles. The van der Waals surface area contributed by atoms with E-state index in [1.54, 1.807) is 24.3 Å². The number of hydrogen-bond acceptors (Lipinski definition) is 5. The van der Waals surface area contributed by atoms with Crippen molar-refractivity contribution in [1.82, 2.24) is 9.91 Å². The van der Waals surface area contributed by atoms with Crippen LogP contribution in [0.15, 0.2) is 71.3 Å². The van der Waals surface area contributed by atoms with Crippen LogP contribution in [-0.2, 0) is 14.4 Å². The molecule has 7 nitrogen and oxygen atoms in total. The van der Waals surface area contributed by atoms with Gasteiger partial charge in [0.15, 0.2) is 0 Å². The number of hydrogen-bond donors (Lipinski definition) is 1. The summed E-state index contributed by atoms with van der Waals surface area (Å²) in [6.07, 6.45) is 1.94. The molecule has 0 bridgehead atoms. The Balaban J connectivity index is 1.74. The molecule has 4 atom stereocenters. The molecule has 0 unspecified atom stereocenters. The average Bonchev–Trinajstić information content (AvgIpc) is 3.26. The number of nitrogens with zero attached hydrogens (tertiary/aromatic N) is 3. The van der Waals surface area contributed by atoms with Crippen LogP contribution in [0.5, 0.6) is 5.75 Å². The van der Waals surface area contributed by atoms with Crippen molar-refractivity contribution in [2.45, 2.75) is 18.9 Å². The summed E-state index contributed by atoms with van der Waals surface area (Å²) in [6, 6.07) is 15.7. The van der Waals surface area contributed by atoms with Gasteiger partial charge in [0.1, 0.15) is 5.75 Å². The van der Waals surface area contributed by atoms with Crippen molar-refractivity contribution in [3.8, 4) is 5.75 Å². The Bertz CT molecular complexity index is 1170. The van der Waals surface area contributed by atoms with Crippen LogP contribution in [0.4, 0.5) is 0 Å². The fourth-order valence-corrected chi connectivity index (χ4v) is 5.02. The van der Waals surface area contributed by atoms with Gasteiger partial charge in [0, 0.05) is 31.0 Å². The van der Waals surface area contributed by atoms with E-state index >= 15 is 0 Å². The van der Waals surface area contributed by atoms with Gasteiger partial charge in [0.05, 0.1) is 23.6 Å². The molecular weight excluding hydrogens is 394 g/mol. The SMILES string of the molecule is CC(=O)N1N=C(c2ccccc2O)C2=C[C@H](c3ccccc3)[C@@H]3C(=O)N(C)C(=O)[C@@H]3[C@@H]21. The molecule has 0 spiro atoms. The molecule has 3 amide bonds. The van der Waals surface area contributed by atoms with Crippen LogP contribution in [0.1, 0.15) is 24.0 Å². The highest BCUT2D eigenvalue weighted by Crippen LogP contribution is 2.49. The van der Waals surface area contributed by atoms with Crippen molar-refractivity contribution >= 4 is 23.4 Å². The summed E-state index contributed by atoms with van der Waals surface area (Å²) in [7, 11) is 1.49. The number of allylic oxidation sites excluding steroid dienone is 1. The maximum Gasteiger partial charge on any atom is 0.240 e. The van der Waals surface area contributed by atoms with Gasteiger partial charge in [0.2, 0.25) is 17.7 Å². The molecule has 1 fully saturated rings. The lowest BCUT2D eigenvalue weighted by Crippen LogP contribution is -2.47. The van der Waals surface area contributed by atoms with Crippen LogP contribution in [0.25, 0.3) is 0 Å². The van der Waals surface area contributed by atoms with E-state index in [-0.39, 0.29) is 29.4 Å². The number of carbonyl (C=O) groups is 3. The molecular formula is C24H21N3O4. The number of phenolic OH excluding ortho intramolecular Hbond substituents is 1. The van der Waals surface area contributed by atoms with Gasteiger partial charge in [0.25, 0.3) is 0 Å². The number of likely N-dealkylation sites (tertiary alicyclic amines) is 1. The van der Waals surface area contributed by atoms with Gasteiger partial charge < -0.3 is 5.11 Å². The first-order valence-corrected chi connectivity index (χ1v) is 10.2. The maximum atomic E-state index is 13.2. The number of amides is 3. The van der Waals surface area contributed by atoms with Crippen LogP contribution in [0.2, 0.25) is 0 Å². The number of aromatic hydroxyl groups is 1. The average molecular weight is 415 g/mol. The van der Waals surface area contributed by atoms with Crippen molar-refractivity contribution in [2.24, 2.45) is 16.9 Å². The topological polar surface area (TPSA) is 90.3 Å². The maximum absolute atomic E-state index is 13.2. The second-order valence-electron chi connectivity index (χ2n) is 8.12. The number of benzene rings is 2. The largest absolute Gasteiger partial charge is 0.507 e. The highest BCUT2D eigenvalue weighted by atomic mass is 16.3. The fraction of sp³-hybridized carbons (Fsp3) is 0.250. The highest BCUT2D eigenvalue weighted by Gasteiger charge is 2.59. The smallest absolute Gasteiger partial charge is 0.240 e. The molecule has 7 heteroatoms. The molecule has 156 valence electrons. The summed E-state index contributed by atoms with van der Waals surface area (Å²) in [4.78, 5) is 39.9. The minimum atomic E-state index is -0.737. The quantitative estimate of drug-likeness (QED) is 0.762. The summed E-state index contributed by atoms with van der Waals surface area (Å²) in [6.45, 7) is 1.39.